The molecule has 0 unspecified atom stereocenters. The van der Waals surface area contributed by atoms with Crippen molar-refractivity contribution in [1.29, 1.82) is 0 Å². The number of likely N-dealkylation sites (tertiary alicyclic amines) is 1. The molecule has 1 aromatic carbocycles. The van der Waals surface area contributed by atoms with Crippen molar-refractivity contribution >= 4 is 11.9 Å². The summed E-state index contributed by atoms with van der Waals surface area (Å²) in [6, 6.07) is 1.75. The number of methoxy groups -OCH3 is 2. The molecule has 0 spiro atoms. The summed E-state index contributed by atoms with van der Waals surface area (Å²) < 4.78 is 36.5. The number of hydrogen-bond acceptors (Lipinski definition) is 4. The first kappa shape index (κ1) is 16.4. The van der Waals surface area contributed by atoms with E-state index in [0.717, 1.165) is 12.1 Å². The van der Waals surface area contributed by atoms with E-state index in [2.05, 4.69) is 0 Å². The molecule has 0 saturated carbocycles. The highest BCUT2D eigenvalue weighted by atomic mass is 19.1. The van der Waals surface area contributed by atoms with Gasteiger partial charge < -0.3 is 14.4 Å². The second kappa shape index (κ2) is 6.83. The van der Waals surface area contributed by atoms with Gasteiger partial charge in [-0.2, -0.15) is 0 Å². The summed E-state index contributed by atoms with van der Waals surface area (Å²) in [4.78, 5) is 25.6. The molecule has 1 aliphatic heterocycles. The number of halogens is 2. The van der Waals surface area contributed by atoms with E-state index in [-0.39, 0.29) is 24.6 Å². The van der Waals surface area contributed by atoms with Gasteiger partial charge in [-0.25, -0.2) is 13.6 Å². The molecule has 7 heteroatoms. The number of carbonyl (C=O) groups excluding carboxylic acids is 2. The van der Waals surface area contributed by atoms with E-state index in [4.69, 9.17) is 9.47 Å². The van der Waals surface area contributed by atoms with Crippen LogP contribution in [0.4, 0.5) is 8.78 Å². The molecule has 0 aliphatic carbocycles. The Morgan fingerprint density at radius 2 is 1.82 bits per heavy atom. The zero-order valence-corrected chi connectivity index (χ0v) is 12.3. The number of piperidine rings is 1. The average molecular weight is 313 g/mol. The van der Waals surface area contributed by atoms with Gasteiger partial charge in [0.15, 0.2) is 0 Å². The van der Waals surface area contributed by atoms with Crippen LogP contribution in [0, 0.1) is 11.6 Å². The SMILES string of the molecule is COC(=O)[C@@H]1C[C@H](OC)CCN1C(=O)c1cc(F)cc(F)c1. The summed E-state index contributed by atoms with van der Waals surface area (Å²) in [6.07, 6.45) is 0.651. The normalized spacial score (nSPS) is 21.5. The number of benzene rings is 1. The van der Waals surface area contributed by atoms with Crippen LogP contribution in [0.25, 0.3) is 0 Å². The van der Waals surface area contributed by atoms with Gasteiger partial charge in [0, 0.05) is 31.7 Å². The van der Waals surface area contributed by atoms with Gasteiger partial charge in [-0.3, -0.25) is 4.79 Å². The third-order valence-electron chi connectivity index (χ3n) is 3.73. The molecule has 0 radical (unpaired) electrons. The quantitative estimate of drug-likeness (QED) is 0.798. The highest BCUT2D eigenvalue weighted by Gasteiger charge is 2.37. The predicted octanol–water partition coefficient (Wildman–Crippen LogP) is 1.76. The van der Waals surface area contributed by atoms with Crippen LogP contribution < -0.4 is 0 Å². The molecule has 1 heterocycles. The van der Waals surface area contributed by atoms with Gasteiger partial charge in [-0.1, -0.05) is 0 Å². The van der Waals surface area contributed by atoms with Gasteiger partial charge in [0.2, 0.25) is 0 Å². The summed E-state index contributed by atoms with van der Waals surface area (Å²) in [6.45, 7) is 0.245. The predicted molar refractivity (Wildman–Crippen MR) is 73.2 cm³/mol. The van der Waals surface area contributed by atoms with E-state index in [9.17, 15) is 18.4 Å². The minimum absolute atomic E-state index is 0.137. The maximum atomic E-state index is 13.3. The number of esters is 1. The van der Waals surface area contributed by atoms with Crippen molar-refractivity contribution in [2.45, 2.75) is 25.0 Å². The Kier molecular flexibility index (Phi) is 5.07. The van der Waals surface area contributed by atoms with Crippen LogP contribution in [0.5, 0.6) is 0 Å². The van der Waals surface area contributed by atoms with Crippen molar-refractivity contribution in [3.05, 3.63) is 35.4 Å². The Hall–Kier alpha value is -2.02. The molecule has 1 amide bonds. The smallest absolute Gasteiger partial charge is 0.328 e. The van der Waals surface area contributed by atoms with Gasteiger partial charge in [-0.05, 0) is 18.6 Å². The lowest BCUT2D eigenvalue weighted by Crippen LogP contribution is -2.52. The molecular formula is C15H17F2NO4. The van der Waals surface area contributed by atoms with Gasteiger partial charge in [0.25, 0.3) is 5.91 Å². The maximum absolute atomic E-state index is 13.3. The van der Waals surface area contributed by atoms with Crippen molar-refractivity contribution in [1.82, 2.24) is 4.90 Å². The number of carbonyl (C=O) groups is 2. The molecule has 0 bridgehead atoms. The fourth-order valence-corrected chi connectivity index (χ4v) is 2.59. The van der Waals surface area contributed by atoms with Crippen molar-refractivity contribution in [2.24, 2.45) is 0 Å². The number of rotatable bonds is 3. The first-order valence-corrected chi connectivity index (χ1v) is 6.84. The minimum atomic E-state index is -0.843. The molecule has 1 saturated heterocycles. The molecule has 1 aromatic rings. The minimum Gasteiger partial charge on any atom is -0.467 e. The second-order valence-corrected chi connectivity index (χ2v) is 5.08. The molecule has 22 heavy (non-hydrogen) atoms. The number of hydrogen-bond donors (Lipinski definition) is 0. The molecule has 0 N–H and O–H groups in total. The molecule has 5 nitrogen and oxygen atoms in total. The third-order valence-corrected chi connectivity index (χ3v) is 3.73. The highest BCUT2D eigenvalue weighted by molar-refractivity contribution is 5.97. The summed E-state index contributed by atoms with van der Waals surface area (Å²) in [5, 5.41) is 0. The molecule has 2 atom stereocenters. The standard InChI is InChI=1S/C15H17F2NO4/c1-21-12-3-4-18(13(8-12)15(20)22-2)14(19)9-5-10(16)7-11(17)6-9/h5-7,12-13H,3-4,8H2,1-2H3/t12-,13+/m1/s1. The van der Waals surface area contributed by atoms with Crippen LogP contribution in [-0.2, 0) is 14.3 Å². The monoisotopic (exact) mass is 313 g/mol. The van der Waals surface area contributed by atoms with Gasteiger partial charge in [-0.15, -0.1) is 0 Å². The van der Waals surface area contributed by atoms with Crippen molar-refractivity contribution in [3.63, 3.8) is 0 Å². The lowest BCUT2D eigenvalue weighted by Gasteiger charge is -2.37. The van der Waals surface area contributed by atoms with Crippen LogP contribution in [0.3, 0.4) is 0 Å². The van der Waals surface area contributed by atoms with E-state index in [0.29, 0.717) is 12.5 Å². The highest BCUT2D eigenvalue weighted by Crippen LogP contribution is 2.23. The van der Waals surface area contributed by atoms with Crippen LogP contribution in [-0.4, -0.2) is 49.7 Å². The fraction of sp³-hybridized carbons (Fsp3) is 0.467. The second-order valence-electron chi connectivity index (χ2n) is 5.08. The van der Waals surface area contributed by atoms with E-state index in [1.165, 1.54) is 19.1 Å². The number of ether oxygens (including phenoxy) is 2. The summed E-state index contributed by atoms with van der Waals surface area (Å²) in [5.41, 5.74) is -0.137. The average Bonchev–Trinajstić information content (AvgIpc) is 2.51. The number of nitrogens with zero attached hydrogens (tertiary/aromatic N) is 1. The maximum Gasteiger partial charge on any atom is 0.328 e. The van der Waals surface area contributed by atoms with Crippen LogP contribution in [0.2, 0.25) is 0 Å². The van der Waals surface area contributed by atoms with Crippen LogP contribution >= 0.6 is 0 Å². The molecule has 2 rings (SSSR count). The van der Waals surface area contributed by atoms with E-state index >= 15 is 0 Å². The van der Waals surface area contributed by atoms with Crippen molar-refractivity contribution in [2.75, 3.05) is 20.8 Å². The topological polar surface area (TPSA) is 55.8 Å². The first-order valence-electron chi connectivity index (χ1n) is 6.84. The Morgan fingerprint density at radius 3 is 2.36 bits per heavy atom. The largest absolute Gasteiger partial charge is 0.467 e. The molecule has 1 aliphatic rings. The third kappa shape index (κ3) is 3.41. The lowest BCUT2D eigenvalue weighted by molar-refractivity contribution is -0.149. The zero-order valence-electron chi connectivity index (χ0n) is 12.3. The van der Waals surface area contributed by atoms with Crippen molar-refractivity contribution in [3.8, 4) is 0 Å². The Morgan fingerprint density at radius 1 is 1.18 bits per heavy atom. The number of amides is 1. The van der Waals surface area contributed by atoms with Crippen LogP contribution in [0.1, 0.15) is 23.2 Å². The first-order chi connectivity index (χ1) is 10.5. The molecule has 1 fully saturated rings. The fourth-order valence-electron chi connectivity index (χ4n) is 2.59. The Balaban J connectivity index is 2.27. The van der Waals surface area contributed by atoms with Crippen molar-refractivity contribution < 1.29 is 27.8 Å². The summed E-state index contributed by atoms with van der Waals surface area (Å²) in [5.74, 6) is -2.87. The lowest BCUT2D eigenvalue weighted by atomic mass is 9.98. The van der Waals surface area contributed by atoms with Crippen LogP contribution in [0.15, 0.2) is 18.2 Å². The van der Waals surface area contributed by atoms with Gasteiger partial charge in [0.1, 0.15) is 17.7 Å². The Labute approximate surface area is 126 Å². The van der Waals surface area contributed by atoms with Gasteiger partial charge in [0.05, 0.1) is 13.2 Å². The van der Waals surface area contributed by atoms with E-state index in [1.807, 2.05) is 0 Å². The van der Waals surface area contributed by atoms with E-state index in [1.54, 1.807) is 0 Å². The Bertz CT molecular complexity index is 558. The summed E-state index contributed by atoms with van der Waals surface area (Å²) >= 11 is 0. The van der Waals surface area contributed by atoms with Gasteiger partial charge >= 0.3 is 5.97 Å². The summed E-state index contributed by atoms with van der Waals surface area (Å²) in [7, 11) is 2.75. The molecular weight excluding hydrogens is 296 g/mol. The molecule has 120 valence electrons. The molecule has 0 aromatic heterocycles. The van der Waals surface area contributed by atoms with E-state index < -0.39 is 29.6 Å². The zero-order chi connectivity index (χ0) is 16.3.